The van der Waals surface area contributed by atoms with Crippen LogP contribution in [-0.4, -0.2) is 39.4 Å². The van der Waals surface area contributed by atoms with Gasteiger partial charge >= 0.3 is 0 Å². The fourth-order valence-corrected chi connectivity index (χ4v) is 4.70. The van der Waals surface area contributed by atoms with Crippen LogP contribution in [0.5, 0.6) is 11.5 Å². The normalized spacial score (nSPS) is 17.8. The van der Waals surface area contributed by atoms with Gasteiger partial charge in [0.1, 0.15) is 5.75 Å². The Morgan fingerprint density at radius 3 is 2.53 bits per heavy atom. The average molecular weight is 493 g/mol. The van der Waals surface area contributed by atoms with Crippen LogP contribution in [0.4, 0.5) is 8.78 Å². The summed E-state index contributed by atoms with van der Waals surface area (Å²) in [7, 11) is 1.61. The van der Waals surface area contributed by atoms with E-state index in [1.165, 1.54) is 0 Å². The van der Waals surface area contributed by atoms with Crippen LogP contribution in [0, 0.1) is 17.6 Å². The molecule has 0 radical (unpaired) electrons. The number of nitrogens with one attached hydrogen (secondary N) is 1. The summed E-state index contributed by atoms with van der Waals surface area (Å²) in [4.78, 5) is 16.8. The summed E-state index contributed by atoms with van der Waals surface area (Å²) in [6.45, 7) is 0.426. The van der Waals surface area contributed by atoms with Crippen LogP contribution in [0.3, 0.4) is 0 Å². The Kier molecular flexibility index (Phi) is 6.54. The van der Waals surface area contributed by atoms with E-state index in [-0.39, 0.29) is 17.5 Å². The van der Waals surface area contributed by atoms with Gasteiger partial charge in [-0.1, -0.05) is 12.1 Å². The highest BCUT2D eigenvalue weighted by molar-refractivity contribution is 5.94. The molecule has 1 aliphatic carbocycles. The Bertz CT molecular complexity index is 1370. The van der Waals surface area contributed by atoms with E-state index in [0.29, 0.717) is 12.3 Å². The molecule has 0 unspecified atom stereocenters. The summed E-state index contributed by atoms with van der Waals surface area (Å²) in [5.74, 6) is -2.96. The molecule has 2 aromatic heterocycles. The highest BCUT2D eigenvalue weighted by Crippen LogP contribution is 2.33. The summed E-state index contributed by atoms with van der Waals surface area (Å²) in [6.07, 6.45) is 7.41. The van der Waals surface area contributed by atoms with Crippen LogP contribution in [0.25, 0.3) is 22.2 Å². The lowest BCUT2D eigenvalue weighted by atomic mass is 9.86. The molecule has 0 spiro atoms. The van der Waals surface area contributed by atoms with Crippen LogP contribution >= 0.6 is 0 Å². The lowest BCUT2D eigenvalue weighted by molar-refractivity contribution is 0.0940. The summed E-state index contributed by atoms with van der Waals surface area (Å²) in [6, 6.07) is 11.9. The second-order valence-corrected chi connectivity index (χ2v) is 9.14. The van der Waals surface area contributed by atoms with Gasteiger partial charge in [-0.25, -0.2) is 8.78 Å². The average Bonchev–Trinajstić information content (AvgIpc) is 3.34. The molecule has 0 atom stereocenters. The Morgan fingerprint density at radius 2 is 1.86 bits per heavy atom. The second-order valence-electron chi connectivity index (χ2n) is 9.14. The fourth-order valence-electron chi connectivity index (χ4n) is 4.70. The Morgan fingerprint density at radius 1 is 1.11 bits per heavy atom. The highest BCUT2D eigenvalue weighted by atomic mass is 19.1. The molecule has 0 aliphatic heterocycles. The van der Waals surface area contributed by atoms with Crippen molar-refractivity contribution in [2.75, 3.05) is 13.7 Å². The van der Waals surface area contributed by atoms with E-state index in [1.807, 2.05) is 28.9 Å². The van der Waals surface area contributed by atoms with Gasteiger partial charge in [0.25, 0.3) is 5.91 Å². The van der Waals surface area contributed by atoms with Gasteiger partial charge in [-0.3, -0.25) is 14.5 Å². The van der Waals surface area contributed by atoms with Crippen molar-refractivity contribution in [2.24, 2.45) is 5.92 Å². The van der Waals surface area contributed by atoms with Crippen LogP contribution in [0.2, 0.25) is 0 Å². The van der Waals surface area contributed by atoms with E-state index in [9.17, 15) is 18.7 Å². The third kappa shape index (κ3) is 4.86. The minimum absolute atomic E-state index is 0.149. The smallest absolute Gasteiger partial charge is 0.251 e. The Hall–Kier alpha value is -4.01. The zero-order valence-corrected chi connectivity index (χ0v) is 19.7. The molecule has 1 fully saturated rings. The molecule has 1 aliphatic rings. The number of halogens is 2. The topological polar surface area (TPSA) is 89.3 Å². The number of aromatic hydroxyl groups is 1. The van der Waals surface area contributed by atoms with E-state index >= 15 is 0 Å². The monoisotopic (exact) mass is 492 g/mol. The molecule has 2 aromatic carbocycles. The van der Waals surface area contributed by atoms with Crippen molar-refractivity contribution in [1.82, 2.24) is 20.1 Å². The Balaban J connectivity index is 1.18. The molecule has 4 aromatic rings. The molecule has 186 valence electrons. The maximum Gasteiger partial charge on any atom is 0.251 e. The number of carbonyl (C=O) groups excluding carboxylic acids is 1. The molecule has 9 heteroatoms. The predicted molar refractivity (Wildman–Crippen MR) is 131 cm³/mol. The van der Waals surface area contributed by atoms with E-state index in [1.54, 1.807) is 13.3 Å². The molecule has 2 heterocycles. The van der Waals surface area contributed by atoms with Crippen molar-refractivity contribution in [2.45, 2.75) is 31.7 Å². The first-order valence-corrected chi connectivity index (χ1v) is 11.9. The quantitative estimate of drug-likeness (QED) is 0.384. The van der Waals surface area contributed by atoms with Crippen molar-refractivity contribution >= 4 is 16.8 Å². The van der Waals surface area contributed by atoms with Crippen molar-refractivity contribution in [3.8, 4) is 22.8 Å². The lowest BCUT2D eigenvalue weighted by Crippen LogP contribution is -2.31. The number of phenols is 1. The first kappa shape index (κ1) is 23.7. The molecule has 0 saturated heterocycles. The number of carbonyl (C=O) groups is 1. The van der Waals surface area contributed by atoms with E-state index in [2.05, 4.69) is 22.6 Å². The minimum Gasteiger partial charge on any atom is -0.503 e. The zero-order chi connectivity index (χ0) is 25.2. The van der Waals surface area contributed by atoms with Crippen molar-refractivity contribution in [3.05, 3.63) is 72.1 Å². The number of hydrogen-bond acceptors (Lipinski definition) is 5. The van der Waals surface area contributed by atoms with Crippen molar-refractivity contribution in [3.63, 3.8) is 0 Å². The summed E-state index contributed by atoms with van der Waals surface area (Å²) < 4.78 is 34.3. The van der Waals surface area contributed by atoms with Gasteiger partial charge in [0.2, 0.25) is 0 Å². The highest BCUT2D eigenvalue weighted by Gasteiger charge is 2.24. The number of fused-ring (bicyclic) bond motifs is 1. The molecule has 7 nitrogen and oxygen atoms in total. The summed E-state index contributed by atoms with van der Waals surface area (Å²) >= 11 is 0. The summed E-state index contributed by atoms with van der Waals surface area (Å²) in [5, 5.41) is 17.8. The maximum atomic E-state index is 13.5. The van der Waals surface area contributed by atoms with Gasteiger partial charge in [-0.2, -0.15) is 5.10 Å². The van der Waals surface area contributed by atoms with Gasteiger partial charge in [-0.15, -0.1) is 0 Å². The van der Waals surface area contributed by atoms with Gasteiger partial charge < -0.3 is 15.2 Å². The van der Waals surface area contributed by atoms with Crippen LogP contribution in [-0.2, 0) is 0 Å². The molecular weight excluding hydrogens is 466 g/mol. The second kappa shape index (κ2) is 9.93. The van der Waals surface area contributed by atoms with Gasteiger partial charge in [0.15, 0.2) is 17.4 Å². The van der Waals surface area contributed by atoms with Crippen molar-refractivity contribution in [1.29, 1.82) is 0 Å². The number of phenolic OH excluding ortho intramolecular Hbond substituents is 1. The van der Waals surface area contributed by atoms with Crippen LogP contribution in [0.15, 0.2) is 54.9 Å². The number of rotatable bonds is 6. The maximum absolute atomic E-state index is 13.5. The molecule has 36 heavy (non-hydrogen) atoms. The molecule has 5 rings (SSSR count). The van der Waals surface area contributed by atoms with Gasteiger partial charge in [0.05, 0.1) is 30.6 Å². The Labute approximate surface area is 206 Å². The standard InChI is InChI=1S/C27H26F2N4O3/c1-36-21-8-9-24(30-14-21)17-4-5-18-15-33(32-25(18)12-17)20-6-2-16(3-7-20)13-31-27(35)19-10-22(28)26(34)23(29)11-19/h4-5,8-12,14-16,20,34H,2-3,6-7,13H2,1H3,(H,31,35). The number of pyridine rings is 1. The molecule has 2 N–H and O–H groups in total. The van der Waals surface area contributed by atoms with E-state index in [0.717, 1.165) is 60.0 Å². The fraction of sp³-hybridized carbons (Fsp3) is 0.296. The molecule has 1 amide bonds. The van der Waals surface area contributed by atoms with Gasteiger partial charge in [0, 0.05) is 29.3 Å². The van der Waals surface area contributed by atoms with Crippen molar-refractivity contribution < 1.29 is 23.4 Å². The SMILES string of the molecule is COc1ccc(-c2ccc3cn(C4CCC(CNC(=O)c5cc(F)c(O)c(F)c5)CC4)nc3c2)nc1. The third-order valence-corrected chi connectivity index (χ3v) is 6.81. The number of nitrogens with zero attached hydrogens (tertiary/aromatic N) is 3. The molecular formula is C27H26F2N4O3. The number of ether oxygens (including phenoxy) is 1. The first-order valence-electron chi connectivity index (χ1n) is 11.9. The zero-order valence-electron chi connectivity index (χ0n) is 19.7. The molecule has 1 saturated carbocycles. The number of amides is 1. The van der Waals surface area contributed by atoms with Crippen LogP contribution in [0.1, 0.15) is 42.1 Å². The largest absolute Gasteiger partial charge is 0.503 e. The number of methoxy groups -OCH3 is 1. The molecule has 0 bridgehead atoms. The lowest BCUT2D eigenvalue weighted by Gasteiger charge is -2.28. The number of aromatic nitrogens is 3. The van der Waals surface area contributed by atoms with Gasteiger partial charge in [-0.05, 0) is 61.9 Å². The first-order chi connectivity index (χ1) is 17.4. The number of benzene rings is 2. The van der Waals surface area contributed by atoms with Crippen LogP contribution < -0.4 is 10.1 Å². The minimum atomic E-state index is -1.15. The van der Waals surface area contributed by atoms with E-state index in [4.69, 9.17) is 9.84 Å². The third-order valence-electron chi connectivity index (χ3n) is 6.81. The summed E-state index contributed by atoms with van der Waals surface area (Å²) in [5.41, 5.74) is 2.60. The predicted octanol–water partition coefficient (Wildman–Crippen LogP) is 5.25. The number of hydrogen-bond donors (Lipinski definition) is 2. The van der Waals surface area contributed by atoms with E-state index < -0.39 is 23.3 Å².